The molecule has 0 aromatic heterocycles. The van der Waals surface area contributed by atoms with Crippen LogP contribution in [-0.2, 0) is 4.79 Å². The molecule has 1 aromatic carbocycles. The maximum atomic E-state index is 12.4. The number of carbonyl (C=O) groups is 2. The van der Waals surface area contributed by atoms with Gasteiger partial charge in [-0.3, -0.25) is 19.8 Å². The number of rotatable bonds is 7. The Bertz CT molecular complexity index is 712. The summed E-state index contributed by atoms with van der Waals surface area (Å²) >= 11 is 0. The number of amides is 3. The lowest BCUT2D eigenvalue weighted by molar-refractivity contribution is -0.385. The van der Waals surface area contributed by atoms with E-state index < -0.39 is 4.92 Å². The summed E-state index contributed by atoms with van der Waals surface area (Å²) in [5.74, 6) is -0.176. The second-order valence-corrected chi connectivity index (χ2v) is 6.79. The molecular formula is C19H29N5O4. The minimum atomic E-state index is -0.454. The fourth-order valence-electron chi connectivity index (χ4n) is 3.29. The number of nitrogens with zero attached hydrogens (tertiary/aromatic N) is 4. The first kappa shape index (κ1) is 21.6. The molecular weight excluding hydrogens is 362 g/mol. The van der Waals surface area contributed by atoms with Crippen LogP contribution in [0, 0.1) is 17.0 Å². The van der Waals surface area contributed by atoms with Crippen molar-refractivity contribution in [1.82, 2.24) is 14.7 Å². The Balaban J connectivity index is 1.80. The first-order valence-electron chi connectivity index (χ1n) is 9.67. The molecule has 0 atom stereocenters. The second kappa shape index (κ2) is 10.0. The van der Waals surface area contributed by atoms with Crippen molar-refractivity contribution in [2.24, 2.45) is 0 Å². The summed E-state index contributed by atoms with van der Waals surface area (Å²) in [5.41, 5.74) is 0.907. The fraction of sp³-hybridized carbons (Fsp3) is 0.579. The predicted molar refractivity (Wildman–Crippen MR) is 107 cm³/mol. The lowest BCUT2D eigenvalue weighted by Gasteiger charge is -2.37. The zero-order valence-electron chi connectivity index (χ0n) is 16.8. The molecule has 1 fully saturated rings. The van der Waals surface area contributed by atoms with Gasteiger partial charge in [0.2, 0.25) is 5.91 Å². The SMILES string of the molecule is CCN(CC)C(=O)N1CCN(CCC(=O)Nc2cccc([N+](=O)[O-])c2C)CC1. The molecule has 0 unspecified atom stereocenters. The summed E-state index contributed by atoms with van der Waals surface area (Å²) in [6.07, 6.45) is 0.298. The van der Waals surface area contributed by atoms with Crippen LogP contribution in [0.1, 0.15) is 25.8 Å². The molecule has 0 radical (unpaired) electrons. The molecule has 1 aromatic rings. The van der Waals surface area contributed by atoms with E-state index >= 15 is 0 Å². The normalized spacial score (nSPS) is 14.6. The third kappa shape index (κ3) is 5.41. The van der Waals surface area contributed by atoms with Gasteiger partial charge in [0.05, 0.1) is 16.2 Å². The van der Waals surface area contributed by atoms with E-state index in [0.29, 0.717) is 50.4 Å². The first-order valence-corrected chi connectivity index (χ1v) is 9.67. The lowest BCUT2D eigenvalue weighted by atomic mass is 10.1. The molecule has 3 amide bonds. The highest BCUT2D eigenvalue weighted by Crippen LogP contribution is 2.25. The van der Waals surface area contributed by atoms with Crippen LogP contribution in [-0.4, -0.2) is 77.4 Å². The number of carbonyl (C=O) groups excluding carboxylic acids is 2. The summed E-state index contributed by atoms with van der Waals surface area (Å²) in [6, 6.07) is 4.72. The van der Waals surface area contributed by atoms with Gasteiger partial charge in [-0.2, -0.15) is 0 Å². The Kier molecular flexibility index (Phi) is 7.74. The van der Waals surface area contributed by atoms with E-state index in [-0.39, 0.29) is 17.6 Å². The summed E-state index contributed by atoms with van der Waals surface area (Å²) in [6.45, 7) is 10.3. The number of nitrogens with one attached hydrogen (secondary N) is 1. The number of nitro benzene ring substituents is 1. The van der Waals surface area contributed by atoms with Crippen LogP contribution in [0.2, 0.25) is 0 Å². The molecule has 1 aliphatic heterocycles. The minimum absolute atomic E-state index is 0.00760. The van der Waals surface area contributed by atoms with Gasteiger partial charge in [-0.1, -0.05) is 6.07 Å². The zero-order valence-corrected chi connectivity index (χ0v) is 16.8. The van der Waals surface area contributed by atoms with Crippen LogP contribution in [0.15, 0.2) is 18.2 Å². The van der Waals surface area contributed by atoms with Gasteiger partial charge < -0.3 is 15.1 Å². The minimum Gasteiger partial charge on any atom is -0.326 e. The van der Waals surface area contributed by atoms with E-state index in [0.717, 1.165) is 13.1 Å². The fourth-order valence-corrected chi connectivity index (χ4v) is 3.29. The summed E-state index contributed by atoms with van der Waals surface area (Å²) in [4.78, 5) is 41.0. The number of hydrogen-bond donors (Lipinski definition) is 1. The van der Waals surface area contributed by atoms with E-state index in [9.17, 15) is 19.7 Å². The molecule has 28 heavy (non-hydrogen) atoms. The zero-order chi connectivity index (χ0) is 20.7. The number of anilines is 1. The molecule has 0 saturated carbocycles. The van der Waals surface area contributed by atoms with E-state index in [1.54, 1.807) is 19.1 Å². The first-order chi connectivity index (χ1) is 13.4. The number of hydrogen-bond acceptors (Lipinski definition) is 5. The van der Waals surface area contributed by atoms with Gasteiger partial charge >= 0.3 is 6.03 Å². The number of nitro groups is 1. The number of urea groups is 1. The highest BCUT2D eigenvalue weighted by atomic mass is 16.6. The van der Waals surface area contributed by atoms with Crippen molar-refractivity contribution in [2.45, 2.75) is 27.2 Å². The van der Waals surface area contributed by atoms with Crippen LogP contribution in [0.3, 0.4) is 0 Å². The molecule has 1 heterocycles. The largest absolute Gasteiger partial charge is 0.326 e. The van der Waals surface area contributed by atoms with Gasteiger partial charge in [-0.15, -0.1) is 0 Å². The average Bonchev–Trinajstić information content (AvgIpc) is 2.69. The van der Waals surface area contributed by atoms with Crippen LogP contribution in [0.5, 0.6) is 0 Å². The molecule has 2 rings (SSSR count). The van der Waals surface area contributed by atoms with Crippen molar-refractivity contribution in [3.05, 3.63) is 33.9 Å². The Labute approximate surface area is 165 Å². The molecule has 1 N–H and O–H groups in total. The topological polar surface area (TPSA) is 99.0 Å². The van der Waals surface area contributed by atoms with Crippen molar-refractivity contribution in [1.29, 1.82) is 0 Å². The monoisotopic (exact) mass is 391 g/mol. The van der Waals surface area contributed by atoms with Gasteiger partial charge in [0.15, 0.2) is 0 Å². The molecule has 154 valence electrons. The Morgan fingerprint density at radius 2 is 1.82 bits per heavy atom. The molecule has 0 aliphatic carbocycles. The molecule has 0 spiro atoms. The third-order valence-electron chi connectivity index (χ3n) is 5.11. The van der Waals surface area contributed by atoms with Crippen molar-refractivity contribution < 1.29 is 14.5 Å². The lowest BCUT2D eigenvalue weighted by Crippen LogP contribution is -2.53. The van der Waals surface area contributed by atoms with Gasteiger partial charge in [0.25, 0.3) is 5.69 Å². The van der Waals surface area contributed by atoms with E-state index in [1.807, 2.05) is 23.6 Å². The van der Waals surface area contributed by atoms with Crippen molar-refractivity contribution >= 4 is 23.3 Å². The summed E-state index contributed by atoms with van der Waals surface area (Å²) in [7, 11) is 0. The van der Waals surface area contributed by atoms with E-state index in [2.05, 4.69) is 10.2 Å². The molecule has 9 nitrogen and oxygen atoms in total. The van der Waals surface area contributed by atoms with Crippen molar-refractivity contribution in [3.8, 4) is 0 Å². The Hall–Kier alpha value is -2.68. The quantitative estimate of drug-likeness (QED) is 0.568. The number of benzene rings is 1. The van der Waals surface area contributed by atoms with Crippen LogP contribution < -0.4 is 5.32 Å². The maximum Gasteiger partial charge on any atom is 0.320 e. The van der Waals surface area contributed by atoms with Crippen LogP contribution >= 0.6 is 0 Å². The molecule has 9 heteroatoms. The highest BCUT2D eigenvalue weighted by Gasteiger charge is 2.24. The smallest absolute Gasteiger partial charge is 0.320 e. The third-order valence-corrected chi connectivity index (χ3v) is 5.11. The maximum absolute atomic E-state index is 12.4. The molecule has 1 saturated heterocycles. The number of piperazine rings is 1. The van der Waals surface area contributed by atoms with Crippen molar-refractivity contribution in [2.75, 3.05) is 51.1 Å². The molecule has 0 bridgehead atoms. The Morgan fingerprint density at radius 3 is 2.39 bits per heavy atom. The molecule has 1 aliphatic rings. The summed E-state index contributed by atoms with van der Waals surface area (Å²) in [5, 5.41) is 13.8. The van der Waals surface area contributed by atoms with Gasteiger partial charge in [-0.25, -0.2) is 4.79 Å². The van der Waals surface area contributed by atoms with Crippen LogP contribution in [0.25, 0.3) is 0 Å². The van der Waals surface area contributed by atoms with Gasteiger partial charge in [-0.05, 0) is 26.8 Å². The predicted octanol–water partition coefficient (Wildman–Crippen LogP) is 2.31. The van der Waals surface area contributed by atoms with E-state index in [4.69, 9.17) is 0 Å². The van der Waals surface area contributed by atoms with Gasteiger partial charge in [0.1, 0.15) is 0 Å². The average molecular weight is 391 g/mol. The standard InChI is InChI=1S/C19H29N5O4/c1-4-22(5-2)19(26)23-13-11-21(12-14-23)10-9-18(25)20-16-7-6-8-17(15(16)3)24(27)28/h6-8H,4-5,9-14H2,1-3H3,(H,20,25). The highest BCUT2D eigenvalue weighted by molar-refractivity contribution is 5.92. The summed E-state index contributed by atoms with van der Waals surface area (Å²) < 4.78 is 0. The van der Waals surface area contributed by atoms with E-state index in [1.165, 1.54) is 6.07 Å². The van der Waals surface area contributed by atoms with Crippen LogP contribution in [0.4, 0.5) is 16.2 Å². The van der Waals surface area contributed by atoms with Crippen molar-refractivity contribution in [3.63, 3.8) is 0 Å². The Morgan fingerprint density at radius 1 is 1.18 bits per heavy atom. The second-order valence-electron chi connectivity index (χ2n) is 6.79. The van der Waals surface area contributed by atoms with Gasteiger partial charge in [0, 0.05) is 58.3 Å².